The van der Waals surface area contributed by atoms with E-state index in [0.717, 1.165) is 24.2 Å². The summed E-state index contributed by atoms with van der Waals surface area (Å²) in [5.41, 5.74) is 0.947. The zero-order chi connectivity index (χ0) is 16.1. The van der Waals surface area contributed by atoms with E-state index in [2.05, 4.69) is 0 Å². The fourth-order valence-corrected chi connectivity index (χ4v) is 2.48. The summed E-state index contributed by atoms with van der Waals surface area (Å²) in [6.45, 7) is 1.93. The maximum atomic E-state index is 12.1. The van der Waals surface area contributed by atoms with Crippen LogP contribution in [0.1, 0.15) is 37.7 Å². The molecule has 5 heteroatoms. The van der Waals surface area contributed by atoms with Crippen LogP contribution in [0.4, 0.5) is 0 Å². The molecular formula is C17H22O5. The highest BCUT2D eigenvalue weighted by atomic mass is 16.6. The molecule has 0 bridgehead atoms. The van der Waals surface area contributed by atoms with Crippen molar-refractivity contribution in [1.82, 2.24) is 0 Å². The van der Waals surface area contributed by atoms with Crippen LogP contribution in [0.5, 0.6) is 5.75 Å². The predicted molar refractivity (Wildman–Crippen MR) is 80.6 cm³/mol. The molecule has 0 aliphatic heterocycles. The molecular weight excluding hydrogens is 284 g/mol. The molecule has 0 N–H and O–H groups in total. The first-order valence-electron chi connectivity index (χ1n) is 7.47. The van der Waals surface area contributed by atoms with Crippen molar-refractivity contribution in [3.05, 3.63) is 29.8 Å². The normalized spacial score (nSPS) is 16.5. The minimum absolute atomic E-state index is 0.0545. The van der Waals surface area contributed by atoms with Crippen LogP contribution in [0.3, 0.4) is 0 Å². The lowest BCUT2D eigenvalue weighted by Crippen LogP contribution is -2.30. The Hall–Kier alpha value is -2.04. The molecule has 1 aliphatic carbocycles. The summed E-state index contributed by atoms with van der Waals surface area (Å²) in [6, 6.07) is 7.57. The van der Waals surface area contributed by atoms with Gasteiger partial charge in [0.1, 0.15) is 5.75 Å². The Morgan fingerprint density at radius 2 is 1.91 bits per heavy atom. The van der Waals surface area contributed by atoms with Crippen LogP contribution in [0.25, 0.3) is 0 Å². The third-order valence-electron chi connectivity index (χ3n) is 3.88. The van der Waals surface area contributed by atoms with E-state index in [4.69, 9.17) is 14.2 Å². The zero-order valence-electron chi connectivity index (χ0n) is 13.2. The molecule has 0 unspecified atom stereocenters. The quantitative estimate of drug-likeness (QED) is 0.725. The fourth-order valence-electron chi connectivity index (χ4n) is 2.48. The number of ether oxygens (including phenoxy) is 3. The van der Waals surface area contributed by atoms with Crippen molar-refractivity contribution in [2.24, 2.45) is 5.92 Å². The van der Waals surface area contributed by atoms with Crippen molar-refractivity contribution >= 4 is 11.9 Å². The molecule has 120 valence electrons. The standard InChI is InChI=1S/C17H22O5/c1-11(13-6-4-5-7-14(13)20-2)10-15(18)22-16(12-8-9-12)17(19)21-3/h4-7,11-12,16H,8-10H2,1-3H3/t11-,16+/m0/s1. The van der Waals surface area contributed by atoms with Gasteiger partial charge in [-0.1, -0.05) is 25.1 Å². The van der Waals surface area contributed by atoms with E-state index in [0.29, 0.717) is 0 Å². The average molecular weight is 306 g/mol. The van der Waals surface area contributed by atoms with Gasteiger partial charge in [-0.3, -0.25) is 4.79 Å². The highest BCUT2D eigenvalue weighted by Gasteiger charge is 2.40. The number of carbonyl (C=O) groups is 2. The zero-order valence-corrected chi connectivity index (χ0v) is 13.2. The molecule has 2 atom stereocenters. The molecule has 22 heavy (non-hydrogen) atoms. The molecule has 0 saturated heterocycles. The van der Waals surface area contributed by atoms with Crippen molar-refractivity contribution < 1.29 is 23.8 Å². The summed E-state index contributed by atoms with van der Waals surface area (Å²) >= 11 is 0. The van der Waals surface area contributed by atoms with Gasteiger partial charge >= 0.3 is 11.9 Å². The van der Waals surface area contributed by atoms with Crippen molar-refractivity contribution in [2.45, 2.75) is 38.2 Å². The number of carbonyl (C=O) groups excluding carboxylic acids is 2. The first kappa shape index (κ1) is 16.3. The third-order valence-corrected chi connectivity index (χ3v) is 3.88. The van der Waals surface area contributed by atoms with Crippen LogP contribution in [-0.4, -0.2) is 32.3 Å². The first-order valence-corrected chi connectivity index (χ1v) is 7.47. The summed E-state index contributed by atoms with van der Waals surface area (Å²) < 4.78 is 15.3. The summed E-state index contributed by atoms with van der Waals surface area (Å²) in [5, 5.41) is 0. The lowest BCUT2D eigenvalue weighted by molar-refractivity contribution is -0.167. The van der Waals surface area contributed by atoms with Crippen LogP contribution in [0, 0.1) is 5.92 Å². The van der Waals surface area contributed by atoms with Crippen LogP contribution in [-0.2, 0) is 19.1 Å². The first-order chi connectivity index (χ1) is 10.6. The minimum atomic E-state index is -0.762. The molecule has 0 heterocycles. The molecule has 0 amide bonds. The van der Waals surface area contributed by atoms with Gasteiger partial charge in [0.15, 0.2) is 0 Å². The van der Waals surface area contributed by atoms with E-state index in [1.54, 1.807) is 7.11 Å². The lowest BCUT2D eigenvalue weighted by Gasteiger charge is -2.18. The van der Waals surface area contributed by atoms with Gasteiger partial charge in [-0.15, -0.1) is 0 Å². The smallest absolute Gasteiger partial charge is 0.347 e. The number of benzene rings is 1. The second-order valence-corrected chi connectivity index (χ2v) is 5.62. The molecule has 1 saturated carbocycles. The van der Waals surface area contributed by atoms with E-state index in [1.807, 2.05) is 31.2 Å². The monoisotopic (exact) mass is 306 g/mol. The molecule has 5 nitrogen and oxygen atoms in total. The Morgan fingerprint density at radius 1 is 1.23 bits per heavy atom. The SMILES string of the molecule is COC(=O)[C@H](OC(=O)C[C@H](C)c1ccccc1OC)C1CC1. The number of methoxy groups -OCH3 is 2. The van der Waals surface area contributed by atoms with E-state index < -0.39 is 12.1 Å². The molecule has 1 fully saturated rings. The van der Waals surface area contributed by atoms with Crippen molar-refractivity contribution in [3.63, 3.8) is 0 Å². The maximum absolute atomic E-state index is 12.1. The molecule has 0 spiro atoms. The highest BCUT2D eigenvalue weighted by Crippen LogP contribution is 2.36. The van der Waals surface area contributed by atoms with Gasteiger partial charge in [0.2, 0.25) is 6.10 Å². The second kappa shape index (κ2) is 7.29. The molecule has 2 rings (SSSR count). The Labute approximate surface area is 130 Å². The topological polar surface area (TPSA) is 61.8 Å². The molecule has 1 aliphatic rings. The second-order valence-electron chi connectivity index (χ2n) is 5.62. The largest absolute Gasteiger partial charge is 0.496 e. The van der Waals surface area contributed by atoms with Gasteiger partial charge in [0.05, 0.1) is 20.6 Å². The average Bonchev–Trinajstić information content (AvgIpc) is 3.36. The van der Waals surface area contributed by atoms with Crippen LogP contribution in [0.15, 0.2) is 24.3 Å². The number of esters is 2. The van der Waals surface area contributed by atoms with E-state index in [1.165, 1.54) is 7.11 Å². The van der Waals surface area contributed by atoms with Crippen molar-refractivity contribution in [2.75, 3.05) is 14.2 Å². The van der Waals surface area contributed by atoms with E-state index >= 15 is 0 Å². The fraction of sp³-hybridized carbons (Fsp3) is 0.529. The van der Waals surface area contributed by atoms with Gasteiger partial charge in [0.25, 0.3) is 0 Å². The van der Waals surface area contributed by atoms with Gasteiger partial charge < -0.3 is 14.2 Å². The van der Waals surface area contributed by atoms with Crippen LogP contribution in [0.2, 0.25) is 0 Å². The Bertz CT molecular complexity index is 536. The van der Waals surface area contributed by atoms with Crippen molar-refractivity contribution in [1.29, 1.82) is 0 Å². The molecule has 0 aromatic heterocycles. The Balaban J connectivity index is 1.97. The molecule has 1 aromatic rings. The van der Waals surface area contributed by atoms with Crippen LogP contribution >= 0.6 is 0 Å². The number of rotatable bonds is 7. The number of hydrogen-bond acceptors (Lipinski definition) is 5. The van der Waals surface area contributed by atoms with Gasteiger partial charge in [-0.25, -0.2) is 4.79 Å². The maximum Gasteiger partial charge on any atom is 0.347 e. The van der Waals surface area contributed by atoms with E-state index in [9.17, 15) is 9.59 Å². The minimum Gasteiger partial charge on any atom is -0.496 e. The number of hydrogen-bond donors (Lipinski definition) is 0. The van der Waals surface area contributed by atoms with Crippen LogP contribution < -0.4 is 4.74 Å². The summed E-state index contributed by atoms with van der Waals surface area (Å²) in [6.07, 6.45) is 1.23. The summed E-state index contributed by atoms with van der Waals surface area (Å²) in [4.78, 5) is 23.8. The van der Waals surface area contributed by atoms with Gasteiger partial charge in [-0.2, -0.15) is 0 Å². The third kappa shape index (κ3) is 4.00. The lowest BCUT2D eigenvalue weighted by atomic mass is 9.97. The van der Waals surface area contributed by atoms with E-state index in [-0.39, 0.29) is 24.2 Å². The molecule has 0 radical (unpaired) electrons. The summed E-state index contributed by atoms with van der Waals surface area (Å²) in [5.74, 6) is -0.0601. The highest BCUT2D eigenvalue weighted by molar-refractivity contribution is 5.80. The molecule has 1 aromatic carbocycles. The van der Waals surface area contributed by atoms with Gasteiger partial charge in [-0.05, 0) is 30.4 Å². The predicted octanol–water partition coefficient (Wildman–Crippen LogP) is 2.68. The number of para-hydroxylation sites is 1. The Morgan fingerprint density at radius 3 is 2.50 bits per heavy atom. The Kier molecular flexibility index (Phi) is 5.41. The van der Waals surface area contributed by atoms with Crippen molar-refractivity contribution in [3.8, 4) is 5.75 Å². The summed E-state index contributed by atoms with van der Waals surface area (Å²) in [7, 11) is 2.91. The van der Waals surface area contributed by atoms with Gasteiger partial charge in [0, 0.05) is 5.92 Å².